The lowest BCUT2D eigenvalue weighted by atomic mass is 10.0. The molecular formula is C21H25FN4O. The fourth-order valence-corrected chi connectivity index (χ4v) is 3.27. The van der Waals surface area contributed by atoms with Crippen LogP contribution < -0.4 is 5.32 Å². The Morgan fingerprint density at radius 2 is 1.85 bits per heavy atom. The Bertz CT molecular complexity index is 992. The number of carbonyl (C=O) groups is 1. The Morgan fingerprint density at radius 1 is 1.19 bits per heavy atom. The third kappa shape index (κ3) is 3.70. The van der Waals surface area contributed by atoms with E-state index in [0.29, 0.717) is 0 Å². The zero-order chi connectivity index (χ0) is 19.7. The average Bonchev–Trinajstić information content (AvgIpc) is 2.95. The third-order valence-electron chi connectivity index (χ3n) is 4.99. The standard InChI is InChI=1S/C21H25FN4O/c1-6-12(2)23-19(27)11-18-13(3)24-21-20(14(4)25-26(21)15(18)5)16-7-9-17(22)10-8-16/h7-10,12H,6,11H2,1-5H3,(H,23,27)/t12-/m1/s1. The summed E-state index contributed by atoms with van der Waals surface area (Å²) in [5.74, 6) is -0.290. The van der Waals surface area contributed by atoms with Crippen molar-refractivity contribution in [3.8, 4) is 11.1 Å². The van der Waals surface area contributed by atoms with Gasteiger partial charge in [-0.1, -0.05) is 19.1 Å². The first-order valence-corrected chi connectivity index (χ1v) is 9.22. The summed E-state index contributed by atoms with van der Waals surface area (Å²) in [4.78, 5) is 17.1. The first-order chi connectivity index (χ1) is 12.8. The Kier molecular flexibility index (Phi) is 5.26. The largest absolute Gasteiger partial charge is 0.353 e. The number of aryl methyl sites for hydroxylation is 3. The number of halogens is 1. The van der Waals surface area contributed by atoms with Crippen LogP contribution in [-0.2, 0) is 11.2 Å². The Labute approximate surface area is 158 Å². The van der Waals surface area contributed by atoms with E-state index in [1.807, 2.05) is 34.6 Å². The van der Waals surface area contributed by atoms with E-state index < -0.39 is 0 Å². The molecule has 0 aliphatic heterocycles. The second-order valence-corrected chi connectivity index (χ2v) is 7.02. The molecule has 0 unspecified atom stereocenters. The van der Waals surface area contributed by atoms with E-state index in [4.69, 9.17) is 4.98 Å². The van der Waals surface area contributed by atoms with Gasteiger partial charge in [-0.3, -0.25) is 4.79 Å². The quantitative estimate of drug-likeness (QED) is 0.743. The van der Waals surface area contributed by atoms with E-state index in [9.17, 15) is 9.18 Å². The highest BCUT2D eigenvalue weighted by Gasteiger charge is 2.19. The van der Waals surface area contributed by atoms with Gasteiger partial charge in [0, 0.05) is 28.6 Å². The first-order valence-electron chi connectivity index (χ1n) is 9.22. The van der Waals surface area contributed by atoms with Gasteiger partial charge in [-0.15, -0.1) is 0 Å². The van der Waals surface area contributed by atoms with Crippen LogP contribution in [-0.4, -0.2) is 26.5 Å². The summed E-state index contributed by atoms with van der Waals surface area (Å²) >= 11 is 0. The number of hydrogen-bond acceptors (Lipinski definition) is 3. The van der Waals surface area contributed by atoms with E-state index in [2.05, 4.69) is 10.4 Å². The molecule has 0 saturated carbocycles. The molecule has 0 bridgehead atoms. The lowest BCUT2D eigenvalue weighted by Crippen LogP contribution is -2.33. The molecule has 0 spiro atoms. The zero-order valence-corrected chi connectivity index (χ0v) is 16.4. The van der Waals surface area contributed by atoms with Crippen LogP contribution in [0.1, 0.15) is 42.9 Å². The molecule has 5 nitrogen and oxygen atoms in total. The van der Waals surface area contributed by atoms with Gasteiger partial charge in [0.25, 0.3) is 0 Å². The number of nitrogens with one attached hydrogen (secondary N) is 1. The van der Waals surface area contributed by atoms with Gasteiger partial charge in [0.15, 0.2) is 5.65 Å². The second kappa shape index (κ2) is 7.47. The Balaban J connectivity index is 2.06. The molecule has 1 N–H and O–H groups in total. The van der Waals surface area contributed by atoms with E-state index in [-0.39, 0.29) is 24.2 Å². The topological polar surface area (TPSA) is 59.3 Å². The number of benzene rings is 1. The molecule has 1 amide bonds. The summed E-state index contributed by atoms with van der Waals surface area (Å²) in [5.41, 5.74) is 5.89. The molecule has 142 valence electrons. The molecule has 2 aromatic heterocycles. The maximum Gasteiger partial charge on any atom is 0.224 e. The van der Waals surface area contributed by atoms with Crippen molar-refractivity contribution in [3.63, 3.8) is 0 Å². The molecule has 3 rings (SSSR count). The van der Waals surface area contributed by atoms with Crippen LogP contribution >= 0.6 is 0 Å². The van der Waals surface area contributed by atoms with Crippen molar-refractivity contribution < 1.29 is 9.18 Å². The highest BCUT2D eigenvalue weighted by atomic mass is 19.1. The monoisotopic (exact) mass is 368 g/mol. The number of rotatable bonds is 5. The second-order valence-electron chi connectivity index (χ2n) is 7.02. The van der Waals surface area contributed by atoms with E-state index >= 15 is 0 Å². The number of aromatic nitrogens is 3. The van der Waals surface area contributed by atoms with Crippen LogP contribution in [0.4, 0.5) is 4.39 Å². The molecule has 27 heavy (non-hydrogen) atoms. The van der Waals surface area contributed by atoms with Gasteiger partial charge in [-0.2, -0.15) is 5.10 Å². The van der Waals surface area contributed by atoms with E-state index in [0.717, 1.165) is 45.8 Å². The fraction of sp³-hybridized carbons (Fsp3) is 0.381. The molecule has 1 aromatic carbocycles. The van der Waals surface area contributed by atoms with Crippen LogP contribution in [0.5, 0.6) is 0 Å². The summed E-state index contributed by atoms with van der Waals surface area (Å²) < 4.78 is 15.1. The maximum absolute atomic E-state index is 13.3. The Hall–Kier alpha value is -2.76. The van der Waals surface area contributed by atoms with Crippen molar-refractivity contribution in [2.24, 2.45) is 0 Å². The molecule has 3 aromatic rings. The smallest absolute Gasteiger partial charge is 0.224 e. The minimum atomic E-state index is -0.275. The normalized spacial score (nSPS) is 12.4. The van der Waals surface area contributed by atoms with Crippen LogP contribution in [0.3, 0.4) is 0 Å². The van der Waals surface area contributed by atoms with Crippen molar-refractivity contribution in [2.45, 2.75) is 53.5 Å². The van der Waals surface area contributed by atoms with Gasteiger partial charge in [0.1, 0.15) is 5.82 Å². The third-order valence-corrected chi connectivity index (χ3v) is 4.99. The van der Waals surface area contributed by atoms with Crippen LogP contribution in [0.25, 0.3) is 16.8 Å². The van der Waals surface area contributed by atoms with Gasteiger partial charge in [-0.25, -0.2) is 13.9 Å². The lowest BCUT2D eigenvalue weighted by molar-refractivity contribution is -0.121. The molecule has 0 radical (unpaired) electrons. The van der Waals surface area contributed by atoms with Crippen LogP contribution in [0, 0.1) is 26.6 Å². The van der Waals surface area contributed by atoms with Crippen molar-refractivity contribution in [2.75, 3.05) is 0 Å². The number of carbonyl (C=O) groups excluding carboxylic acids is 1. The molecule has 0 aliphatic carbocycles. The molecular weight excluding hydrogens is 343 g/mol. The lowest BCUT2D eigenvalue weighted by Gasteiger charge is -2.14. The van der Waals surface area contributed by atoms with Gasteiger partial charge in [0.2, 0.25) is 5.91 Å². The summed E-state index contributed by atoms with van der Waals surface area (Å²) in [6, 6.07) is 6.49. The van der Waals surface area contributed by atoms with E-state index in [1.165, 1.54) is 12.1 Å². The fourth-order valence-electron chi connectivity index (χ4n) is 3.27. The van der Waals surface area contributed by atoms with Crippen LogP contribution in [0.15, 0.2) is 24.3 Å². The molecule has 6 heteroatoms. The first kappa shape index (κ1) is 19.0. The van der Waals surface area contributed by atoms with Crippen molar-refractivity contribution in [1.29, 1.82) is 0 Å². The summed E-state index contributed by atoms with van der Waals surface area (Å²) in [5, 5.41) is 7.62. The minimum Gasteiger partial charge on any atom is -0.353 e. The highest BCUT2D eigenvalue weighted by molar-refractivity contribution is 5.82. The highest BCUT2D eigenvalue weighted by Crippen LogP contribution is 2.29. The van der Waals surface area contributed by atoms with Gasteiger partial charge >= 0.3 is 0 Å². The summed E-state index contributed by atoms with van der Waals surface area (Å²) in [7, 11) is 0. The molecule has 0 saturated heterocycles. The number of amides is 1. The maximum atomic E-state index is 13.3. The molecule has 0 fully saturated rings. The minimum absolute atomic E-state index is 0.0145. The number of fused-ring (bicyclic) bond motifs is 1. The SMILES string of the molecule is CC[C@@H](C)NC(=O)Cc1c(C)nc2c(-c3ccc(F)cc3)c(C)nn2c1C. The molecule has 2 heterocycles. The van der Waals surface area contributed by atoms with Gasteiger partial charge in [0.05, 0.1) is 12.1 Å². The van der Waals surface area contributed by atoms with E-state index in [1.54, 1.807) is 16.6 Å². The summed E-state index contributed by atoms with van der Waals surface area (Å²) in [6.45, 7) is 9.81. The molecule has 0 aliphatic rings. The Morgan fingerprint density at radius 3 is 2.48 bits per heavy atom. The molecule has 1 atom stereocenters. The summed E-state index contributed by atoms with van der Waals surface area (Å²) in [6.07, 6.45) is 1.16. The number of nitrogens with zero attached hydrogens (tertiary/aromatic N) is 3. The van der Waals surface area contributed by atoms with Crippen LogP contribution in [0.2, 0.25) is 0 Å². The number of hydrogen-bond donors (Lipinski definition) is 1. The predicted molar refractivity (Wildman–Crippen MR) is 104 cm³/mol. The van der Waals surface area contributed by atoms with Crippen molar-refractivity contribution >= 4 is 11.6 Å². The van der Waals surface area contributed by atoms with Gasteiger partial charge < -0.3 is 5.32 Å². The predicted octanol–water partition coefficient (Wildman–Crippen LogP) is 3.92. The van der Waals surface area contributed by atoms with Gasteiger partial charge in [-0.05, 0) is 51.8 Å². The van der Waals surface area contributed by atoms with Crippen molar-refractivity contribution in [1.82, 2.24) is 19.9 Å². The van der Waals surface area contributed by atoms with Crippen molar-refractivity contribution in [3.05, 3.63) is 52.7 Å². The zero-order valence-electron chi connectivity index (χ0n) is 16.4. The average molecular weight is 368 g/mol.